The van der Waals surface area contributed by atoms with Crippen LogP contribution in [-0.2, 0) is 11.8 Å². The van der Waals surface area contributed by atoms with Gasteiger partial charge >= 0.3 is 5.97 Å². The van der Waals surface area contributed by atoms with Gasteiger partial charge in [0.05, 0.1) is 0 Å². The van der Waals surface area contributed by atoms with Crippen molar-refractivity contribution in [3.05, 3.63) is 24.0 Å². The van der Waals surface area contributed by atoms with Gasteiger partial charge < -0.3 is 9.67 Å². The maximum Gasteiger partial charge on any atom is 0.377 e. The quantitative estimate of drug-likeness (QED) is 0.490. The van der Waals surface area contributed by atoms with E-state index in [1.54, 1.807) is 17.8 Å². The Labute approximate surface area is 63.1 Å². The highest BCUT2D eigenvalue weighted by molar-refractivity contribution is 6.39. The predicted molar refractivity (Wildman–Crippen MR) is 37.4 cm³/mol. The zero-order chi connectivity index (χ0) is 8.43. The first kappa shape index (κ1) is 7.53. The minimum absolute atomic E-state index is 0.208. The molecule has 0 aromatic carbocycles. The topological polar surface area (TPSA) is 59.3 Å². The average Bonchev–Trinajstić information content (AvgIpc) is 2.34. The molecule has 58 valence electrons. The van der Waals surface area contributed by atoms with E-state index in [1.807, 2.05) is 0 Å². The van der Waals surface area contributed by atoms with Gasteiger partial charge in [-0.1, -0.05) is 0 Å². The monoisotopic (exact) mass is 153 g/mol. The van der Waals surface area contributed by atoms with Crippen molar-refractivity contribution in [2.75, 3.05) is 0 Å². The third-order valence-electron chi connectivity index (χ3n) is 1.29. The second-order valence-electron chi connectivity index (χ2n) is 2.20. The van der Waals surface area contributed by atoms with E-state index >= 15 is 0 Å². The molecule has 0 saturated carbocycles. The summed E-state index contributed by atoms with van der Waals surface area (Å²) in [6.07, 6.45) is 3.09. The highest BCUT2D eigenvalue weighted by Crippen LogP contribution is 2.00. The van der Waals surface area contributed by atoms with Crippen molar-refractivity contribution in [1.29, 1.82) is 0 Å². The SMILES string of the molecule is Cn1ccc(C(=O)C(=O)O)c1. The Kier molecular flexibility index (Phi) is 1.76. The van der Waals surface area contributed by atoms with Gasteiger partial charge in [0.15, 0.2) is 0 Å². The van der Waals surface area contributed by atoms with Gasteiger partial charge in [-0.3, -0.25) is 4.79 Å². The summed E-state index contributed by atoms with van der Waals surface area (Å²) in [6.45, 7) is 0. The number of carbonyl (C=O) groups excluding carboxylic acids is 1. The molecule has 11 heavy (non-hydrogen) atoms. The van der Waals surface area contributed by atoms with E-state index in [2.05, 4.69) is 0 Å². The largest absolute Gasteiger partial charge is 0.475 e. The lowest BCUT2D eigenvalue weighted by molar-refractivity contribution is -0.131. The molecular weight excluding hydrogens is 146 g/mol. The Bertz CT molecular complexity index is 300. The van der Waals surface area contributed by atoms with Crippen LogP contribution in [0.1, 0.15) is 10.4 Å². The van der Waals surface area contributed by atoms with E-state index in [0.717, 1.165) is 0 Å². The summed E-state index contributed by atoms with van der Waals surface area (Å²) >= 11 is 0. The summed E-state index contributed by atoms with van der Waals surface area (Å²) in [5.41, 5.74) is 0.208. The first-order valence-electron chi connectivity index (χ1n) is 3.01. The maximum absolute atomic E-state index is 10.7. The van der Waals surface area contributed by atoms with Crippen LogP contribution in [-0.4, -0.2) is 21.4 Å². The minimum atomic E-state index is -1.42. The molecule has 0 bridgehead atoms. The van der Waals surface area contributed by atoms with Crippen LogP contribution >= 0.6 is 0 Å². The summed E-state index contributed by atoms with van der Waals surface area (Å²) in [5, 5.41) is 8.29. The third kappa shape index (κ3) is 1.46. The van der Waals surface area contributed by atoms with Crippen LogP contribution in [0.5, 0.6) is 0 Å². The molecule has 0 aliphatic heterocycles. The number of ketones is 1. The van der Waals surface area contributed by atoms with Crippen molar-refractivity contribution in [1.82, 2.24) is 4.57 Å². The summed E-state index contributed by atoms with van der Waals surface area (Å²) < 4.78 is 1.62. The summed E-state index contributed by atoms with van der Waals surface area (Å²) in [5.74, 6) is -2.29. The molecule has 0 unspecified atom stereocenters. The number of aromatic nitrogens is 1. The molecule has 4 nitrogen and oxygen atoms in total. The molecule has 0 atom stereocenters. The number of carbonyl (C=O) groups is 2. The van der Waals surface area contributed by atoms with Crippen LogP contribution in [0.2, 0.25) is 0 Å². The fraction of sp³-hybridized carbons (Fsp3) is 0.143. The van der Waals surface area contributed by atoms with Crippen molar-refractivity contribution >= 4 is 11.8 Å². The Morgan fingerprint density at radius 1 is 1.55 bits per heavy atom. The van der Waals surface area contributed by atoms with Crippen LogP contribution in [0.25, 0.3) is 0 Å². The van der Waals surface area contributed by atoms with Gasteiger partial charge in [-0.15, -0.1) is 0 Å². The van der Waals surface area contributed by atoms with Crippen LogP contribution in [0.15, 0.2) is 18.5 Å². The number of hydrogen-bond acceptors (Lipinski definition) is 2. The van der Waals surface area contributed by atoms with Gasteiger partial charge in [0.2, 0.25) is 0 Å². The minimum Gasteiger partial charge on any atom is -0.475 e. The molecule has 0 spiro atoms. The van der Waals surface area contributed by atoms with Gasteiger partial charge in [-0.2, -0.15) is 0 Å². The van der Waals surface area contributed by atoms with E-state index < -0.39 is 11.8 Å². The summed E-state index contributed by atoms with van der Waals surface area (Å²) in [7, 11) is 1.72. The smallest absolute Gasteiger partial charge is 0.377 e. The Balaban J connectivity index is 2.94. The number of Topliss-reactive ketones (excluding diaryl/α,β-unsaturated/α-hetero) is 1. The molecule has 1 aromatic rings. The number of carboxylic acid groups (broad SMARTS) is 1. The Hall–Kier alpha value is -1.58. The van der Waals surface area contributed by atoms with Gasteiger partial charge in [-0.05, 0) is 6.07 Å². The Morgan fingerprint density at radius 2 is 2.18 bits per heavy atom. The number of aryl methyl sites for hydroxylation is 1. The fourth-order valence-corrected chi connectivity index (χ4v) is 0.761. The predicted octanol–water partition coefficient (Wildman–Crippen LogP) is 0.292. The van der Waals surface area contributed by atoms with Crippen molar-refractivity contribution in [2.24, 2.45) is 7.05 Å². The van der Waals surface area contributed by atoms with Crippen molar-refractivity contribution in [3.8, 4) is 0 Å². The molecule has 1 N–H and O–H groups in total. The van der Waals surface area contributed by atoms with Gasteiger partial charge in [0, 0.05) is 25.0 Å². The number of carboxylic acids is 1. The number of rotatable bonds is 2. The zero-order valence-electron chi connectivity index (χ0n) is 5.94. The first-order valence-corrected chi connectivity index (χ1v) is 3.01. The van der Waals surface area contributed by atoms with E-state index in [-0.39, 0.29) is 5.56 Å². The zero-order valence-corrected chi connectivity index (χ0v) is 5.94. The molecule has 0 fully saturated rings. The highest BCUT2D eigenvalue weighted by Gasteiger charge is 2.14. The highest BCUT2D eigenvalue weighted by atomic mass is 16.4. The van der Waals surface area contributed by atoms with E-state index in [1.165, 1.54) is 12.3 Å². The van der Waals surface area contributed by atoms with Crippen LogP contribution in [0.3, 0.4) is 0 Å². The molecule has 1 aromatic heterocycles. The van der Waals surface area contributed by atoms with Crippen molar-refractivity contribution in [3.63, 3.8) is 0 Å². The van der Waals surface area contributed by atoms with Crippen LogP contribution in [0, 0.1) is 0 Å². The van der Waals surface area contributed by atoms with Gasteiger partial charge in [-0.25, -0.2) is 4.79 Å². The normalized spacial score (nSPS) is 9.55. The second-order valence-corrected chi connectivity index (χ2v) is 2.20. The van der Waals surface area contributed by atoms with Crippen molar-refractivity contribution in [2.45, 2.75) is 0 Å². The molecular formula is C7H7NO3. The summed E-state index contributed by atoms with van der Waals surface area (Å²) in [6, 6.07) is 1.47. The average molecular weight is 153 g/mol. The standard InChI is InChI=1S/C7H7NO3/c1-8-3-2-5(4-8)6(9)7(10)11/h2-4H,1H3,(H,10,11). The molecule has 4 heteroatoms. The molecule has 0 aliphatic rings. The molecule has 1 heterocycles. The first-order chi connectivity index (χ1) is 5.11. The molecule has 1 rings (SSSR count). The van der Waals surface area contributed by atoms with E-state index in [9.17, 15) is 9.59 Å². The van der Waals surface area contributed by atoms with E-state index in [4.69, 9.17) is 5.11 Å². The second kappa shape index (κ2) is 2.57. The van der Waals surface area contributed by atoms with Crippen LogP contribution in [0.4, 0.5) is 0 Å². The molecule has 0 radical (unpaired) electrons. The number of aliphatic carboxylic acids is 1. The number of hydrogen-bond donors (Lipinski definition) is 1. The lowest BCUT2D eigenvalue weighted by Gasteiger charge is -1.87. The molecule has 0 saturated heterocycles. The molecule has 0 aliphatic carbocycles. The third-order valence-corrected chi connectivity index (χ3v) is 1.29. The molecule has 0 amide bonds. The maximum atomic E-state index is 10.7. The lowest BCUT2D eigenvalue weighted by Crippen LogP contribution is -2.11. The summed E-state index contributed by atoms with van der Waals surface area (Å²) in [4.78, 5) is 20.9. The lowest BCUT2D eigenvalue weighted by atomic mass is 10.2. The van der Waals surface area contributed by atoms with Crippen molar-refractivity contribution < 1.29 is 14.7 Å². The Morgan fingerprint density at radius 3 is 2.55 bits per heavy atom. The number of nitrogens with zero attached hydrogens (tertiary/aromatic N) is 1. The van der Waals surface area contributed by atoms with Gasteiger partial charge in [0.1, 0.15) is 0 Å². The van der Waals surface area contributed by atoms with E-state index in [0.29, 0.717) is 0 Å². The van der Waals surface area contributed by atoms with Gasteiger partial charge in [0.25, 0.3) is 5.78 Å². The van der Waals surface area contributed by atoms with Crippen LogP contribution < -0.4 is 0 Å². The fourth-order valence-electron chi connectivity index (χ4n) is 0.761.